The molecule has 7 nitrogen and oxygen atoms in total. The van der Waals surface area contributed by atoms with Gasteiger partial charge >= 0.3 is 16.2 Å². The molecule has 1 aromatic carbocycles. The summed E-state index contributed by atoms with van der Waals surface area (Å²) in [4.78, 5) is 13.9. The Kier molecular flexibility index (Phi) is 4.03. The topological polar surface area (TPSA) is 102 Å². The molecule has 124 valence electrons. The first-order chi connectivity index (χ1) is 10.9. The van der Waals surface area contributed by atoms with Crippen molar-refractivity contribution in [2.45, 2.75) is 19.8 Å². The predicted molar refractivity (Wildman–Crippen MR) is 87.8 cm³/mol. The quantitative estimate of drug-likeness (QED) is 0.721. The van der Waals surface area contributed by atoms with Gasteiger partial charge in [-0.15, -0.1) is 0 Å². The van der Waals surface area contributed by atoms with Crippen LogP contribution in [0.3, 0.4) is 0 Å². The normalized spacial score (nSPS) is 15.2. The van der Waals surface area contributed by atoms with Crippen LogP contribution in [0.5, 0.6) is 0 Å². The van der Waals surface area contributed by atoms with Crippen LogP contribution in [0.4, 0.5) is 5.69 Å². The molecular formula is C15H19N3O4S. The van der Waals surface area contributed by atoms with E-state index in [9.17, 15) is 13.2 Å². The first-order valence-electron chi connectivity index (χ1n) is 7.53. The SMILES string of the molecule is CCN(CC1CC1)S(=O)(=O)Nc1ccc2c(C(=O)O)c[nH]c2c1. The molecule has 8 heteroatoms. The van der Waals surface area contributed by atoms with Crippen LogP contribution in [0.2, 0.25) is 0 Å². The van der Waals surface area contributed by atoms with Crippen LogP contribution in [0, 0.1) is 5.92 Å². The fraction of sp³-hybridized carbons (Fsp3) is 0.400. The molecule has 3 rings (SSSR count). The van der Waals surface area contributed by atoms with Gasteiger partial charge in [0.05, 0.1) is 11.3 Å². The molecule has 1 aliphatic carbocycles. The largest absolute Gasteiger partial charge is 0.478 e. The van der Waals surface area contributed by atoms with Crippen LogP contribution in [0.15, 0.2) is 24.4 Å². The minimum absolute atomic E-state index is 0.165. The Morgan fingerprint density at radius 1 is 1.43 bits per heavy atom. The van der Waals surface area contributed by atoms with Gasteiger partial charge in [-0.1, -0.05) is 6.92 Å². The third kappa shape index (κ3) is 3.32. The van der Waals surface area contributed by atoms with Crippen LogP contribution in [0.25, 0.3) is 10.9 Å². The van der Waals surface area contributed by atoms with Crippen LogP contribution < -0.4 is 4.72 Å². The van der Waals surface area contributed by atoms with Crippen molar-refractivity contribution in [1.82, 2.24) is 9.29 Å². The lowest BCUT2D eigenvalue weighted by molar-refractivity contribution is 0.0699. The number of carboxylic acid groups (broad SMARTS) is 1. The number of H-pyrrole nitrogens is 1. The Labute approximate surface area is 134 Å². The van der Waals surface area contributed by atoms with Gasteiger partial charge in [0.15, 0.2) is 0 Å². The van der Waals surface area contributed by atoms with Gasteiger partial charge in [-0.3, -0.25) is 4.72 Å². The summed E-state index contributed by atoms with van der Waals surface area (Å²) in [5, 5.41) is 9.63. The lowest BCUT2D eigenvalue weighted by Crippen LogP contribution is -2.37. The zero-order chi connectivity index (χ0) is 16.6. The summed E-state index contributed by atoms with van der Waals surface area (Å²) in [6.07, 6.45) is 3.56. The molecule has 3 N–H and O–H groups in total. The number of hydrogen-bond donors (Lipinski definition) is 3. The molecule has 0 saturated heterocycles. The first-order valence-corrected chi connectivity index (χ1v) is 8.97. The van der Waals surface area contributed by atoms with E-state index in [0.29, 0.717) is 35.6 Å². The van der Waals surface area contributed by atoms with E-state index in [-0.39, 0.29) is 5.56 Å². The lowest BCUT2D eigenvalue weighted by Gasteiger charge is -2.21. The molecule has 1 aliphatic rings. The van der Waals surface area contributed by atoms with E-state index in [4.69, 9.17) is 5.11 Å². The summed E-state index contributed by atoms with van der Waals surface area (Å²) in [6.45, 7) is 2.77. The van der Waals surface area contributed by atoms with Gasteiger partial charge < -0.3 is 10.1 Å². The van der Waals surface area contributed by atoms with E-state index in [1.54, 1.807) is 18.2 Å². The summed E-state index contributed by atoms with van der Waals surface area (Å²) in [5.41, 5.74) is 1.15. The Morgan fingerprint density at radius 2 is 2.17 bits per heavy atom. The summed E-state index contributed by atoms with van der Waals surface area (Å²) in [5.74, 6) is -0.554. The number of aromatic carboxylic acids is 1. The van der Waals surface area contributed by atoms with Crippen molar-refractivity contribution in [2.75, 3.05) is 17.8 Å². The fourth-order valence-electron chi connectivity index (χ4n) is 2.57. The lowest BCUT2D eigenvalue weighted by atomic mass is 10.1. The highest BCUT2D eigenvalue weighted by atomic mass is 32.2. The van der Waals surface area contributed by atoms with Gasteiger partial charge in [0.1, 0.15) is 0 Å². The second-order valence-corrected chi connectivity index (χ2v) is 7.44. The summed E-state index contributed by atoms with van der Waals surface area (Å²) < 4.78 is 28.9. The predicted octanol–water partition coefficient (Wildman–Crippen LogP) is 2.25. The number of hydrogen-bond acceptors (Lipinski definition) is 3. The van der Waals surface area contributed by atoms with E-state index in [1.165, 1.54) is 10.5 Å². The number of rotatable bonds is 7. The minimum atomic E-state index is -3.61. The Bertz CT molecular complexity index is 840. The summed E-state index contributed by atoms with van der Waals surface area (Å²) >= 11 is 0. The molecule has 0 aliphatic heterocycles. The third-order valence-electron chi connectivity index (χ3n) is 4.01. The van der Waals surface area contributed by atoms with Crippen molar-refractivity contribution < 1.29 is 18.3 Å². The molecule has 2 aromatic rings. The average Bonchev–Trinajstić information content (AvgIpc) is 3.21. The number of nitrogens with one attached hydrogen (secondary N) is 2. The zero-order valence-corrected chi connectivity index (χ0v) is 13.6. The average molecular weight is 337 g/mol. The maximum Gasteiger partial charge on any atom is 0.337 e. The minimum Gasteiger partial charge on any atom is -0.478 e. The standard InChI is InChI=1S/C15H19N3O4S/c1-2-18(9-10-3-4-10)23(21,22)17-11-5-6-12-13(15(19)20)8-16-14(12)7-11/h5-8,10,16-17H,2-4,9H2,1H3,(H,19,20). The molecule has 0 spiro atoms. The molecule has 0 atom stereocenters. The van der Waals surface area contributed by atoms with E-state index in [1.807, 2.05) is 6.92 Å². The maximum atomic E-state index is 12.5. The molecule has 0 radical (unpaired) electrons. The molecule has 0 bridgehead atoms. The molecule has 1 saturated carbocycles. The monoisotopic (exact) mass is 337 g/mol. The number of fused-ring (bicyclic) bond motifs is 1. The van der Waals surface area contributed by atoms with Crippen LogP contribution in [-0.2, 0) is 10.2 Å². The Hall–Kier alpha value is -2.06. The number of nitrogens with zero attached hydrogens (tertiary/aromatic N) is 1. The molecule has 0 amide bonds. The molecule has 23 heavy (non-hydrogen) atoms. The smallest absolute Gasteiger partial charge is 0.337 e. The molecular weight excluding hydrogens is 318 g/mol. The van der Waals surface area contributed by atoms with E-state index < -0.39 is 16.2 Å². The van der Waals surface area contributed by atoms with E-state index in [2.05, 4.69) is 9.71 Å². The third-order valence-corrected chi connectivity index (χ3v) is 5.59. The number of aromatic nitrogens is 1. The van der Waals surface area contributed by atoms with Gasteiger partial charge in [0, 0.05) is 30.2 Å². The van der Waals surface area contributed by atoms with Crippen LogP contribution >= 0.6 is 0 Å². The molecule has 0 unspecified atom stereocenters. The molecule has 1 fully saturated rings. The van der Waals surface area contributed by atoms with Gasteiger partial charge in [-0.25, -0.2) is 4.79 Å². The number of carboxylic acids is 1. The van der Waals surface area contributed by atoms with Gasteiger partial charge in [-0.2, -0.15) is 12.7 Å². The highest BCUT2D eigenvalue weighted by molar-refractivity contribution is 7.90. The van der Waals surface area contributed by atoms with Crippen molar-refractivity contribution in [1.29, 1.82) is 0 Å². The second-order valence-electron chi connectivity index (χ2n) is 5.77. The van der Waals surface area contributed by atoms with Crippen molar-refractivity contribution in [3.63, 3.8) is 0 Å². The van der Waals surface area contributed by atoms with Crippen LogP contribution in [-0.4, -0.2) is 41.9 Å². The maximum absolute atomic E-state index is 12.5. The van der Waals surface area contributed by atoms with Crippen molar-refractivity contribution in [3.05, 3.63) is 30.0 Å². The van der Waals surface area contributed by atoms with Gasteiger partial charge in [-0.05, 0) is 37.0 Å². The van der Waals surface area contributed by atoms with E-state index in [0.717, 1.165) is 12.8 Å². The number of benzene rings is 1. The van der Waals surface area contributed by atoms with Crippen molar-refractivity contribution in [3.8, 4) is 0 Å². The molecule has 1 aromatic heterocycles. The number of aromatic amines is 1. The van der Waals surface area contributed by atoms with Gasteiger partial charge in [0.25, 0.3) is 0 Å². The summed E-state index contributed by atoms with van der Waals surface area (Å²) in [6, 6.07) is 4.78. The van der Waals surface area contributed by atoms with Crippen LogP contribution in [0.1, 0.15) is 30.1 Å². The fourth-order valence-corrected chi connectivity index (χ4v) is 3.87. The highest BCUT2D eigenvalue weighted by Gasteiger charge is 2.29. The number of anilines is 1. The zero-order valence-electron chi connectivity index (χ0n) is 12.7. The van der Waals surface area contributed by atoms with Crippen molar-refractivity contribution >= 4 is 32.8 Å². The number of carbonyl (C=O) groups is 1. The Balaban J connectivity index is 1.83. The van der Waals surface area contributed by atoms with Crippen molar-refractivity contribution in [2.24, 2.45) is 5.92 Å². The first kappa shape index (κ1) is 15.8. The van der Waals surface area contributed by atoms with Gasteiger partial charge in [0.2, 0.25) is 0 Å². The second kappa shape index (κ2) is 5.86. The summed E-state index contributed by atoms with van der Waals surface area (Å²) in [7, 11) is -3.61. The highest BCUT2D eigenvalue weighted by Crippen LogP contribution is 2.31. The Morgan fingerprint density at radius 3 is 2.78 bits per heavy atom. The molecule has 1 heterocycles. The van der Waals surface area contributed by atoms with E-state index >= 15 is 0 Å².